The molecule has 0 spiro atoms. The maximum Gasteiger partial charge on any atom is 0.293 e. The van der Waals surface area contributed by atoms with Gasteiger partial charge in [-0.1, -0.05) is 48.0 Å². The molecular formula is C18H12ClFN2O4S. The minimum absolute atomic E-state index is 0.208. The number of sulfonamides is 1. The van der Waals surface area contributed by atoms with Gasteiger partial charge in [0.25, 0.3) is 15.7 Å². The summed E-state index contributed by atoms with van der Waals surface area (Å²) in [5.74, 6) is -0.770. The maximum atomic E-state index is 13.3. The van der Waals surface area contributed by atoms with Crippen LogP contribution < -0.4 is 4.72 Å². The van der Waals surface area contributed by atoms with Crippen LogP contribution >= 0.6 is 11.6 Å². The van der Waals surface area contributed by atoms with E-state index in [0.29, 0.717) is 5.56 Å². The van der Waals surface area contributed by atoms with Crippen molar-refractivity contribution in [2.75, 3.05) is 4.72 Å². The van der Waals surface area contributed by atoms with E-state index in [4.69, 9.17) is 11.6 Å². The van der Waals surface area contributed by atoms with Crippen molar-refractivity contribution in [3.8, 4) is 11.1 Å². The average Bonchev–Trinajstić information content (AvgIpc) is 2.64. The molecule has 0 aliphatic carbocycles. The predicted octanol–water partition coefficient (Wildman–Crippen LogP) is 4.86. The maximum absolute atomic E-state index is 13.3. The number of rotatable bonds is 5. The number of nitro benzene ring substituents is 1. The molecule has 138 valence electrons. The molecule has 6 nitrogen and oxygen atoms in total. The zero-order valence-corrected chi connectivity index (χ0v) is 15.2. The highest BCUT2D eigenvalue weighted by molar-refractivity contribution is 7.92. The molecule has 0 fully saturated rings. The third kappa shape index (κ3) is 4.07. The molecule has 0 atom stereocenters. The molecule has 0 bridgehead atoms. The largest absolute Gasteiger partial charge is 0.293 e. The lowest BCUT2D eigenvalue weighted by Crippen LogP contribution is -2.14. The summed E-state index contributed by atoms with van der Waals surface area (Å²) in [6, 6.07) is 16.0. The first-order chi connectivity index (χ1) is 12.8. The first kappa shape index (κ1) is 18.8. The van der Waals surface area contributed by atoms with E-state index in [-0.39, 0.29) is 15.6 Å². The molecule has 0 amide bonds. The Balaban J connectivity index is 2.01. The van der Waals surface area contributed by atoms with Crippen molar-refractivity contribution in [3.63, 3.8) is 0 Å². The van der Waals surface area contributed by atoms with Crippen LogP contribution in [0.5, 0.6) is 0 Å². The molecule has 0 aromatic heterocycles. The van der Waals surface area contributed by atoms with Crippen LogP contribution in [0.1, 0.15) is 0 Å². The quantitative estimate of drug-likeness (QED) is 0.484. The molecule has 9 heteroatoms. The SMILES string of the molecule is O=[N+]([O-])c1cc(-c2ccccc2)ccc1NS(=O)(=O)c1ccc(F)c(Cl)c1. The predicted molar refractivity (Wildman–Crippen MR) is 101 cm³/mol. The van der Waals surface area contributed by atoms with Gasteiger partial charge < -0.3 is 0 Å². The first-order valence-electron chi connectivity index (χ1n) is 7.60. The fourth-order valence-electron chi connectivity index (χ4n) is 2.43. The molecule has 1 N–H and O–H groups in total. The van der Waals surface area contributed by atoms with Crippen molar-refractivity contribution in [3.05, 3.63) is 87.7 Å². The Labute approximate surface area is 159 Å². The molecule has 3 aromatic carbocycles. The lowest BCUT2D eigenvalue weighted by Gasteiger charge is -2.10. The third-order valence-electron chi connectivity index (χ3n) is 3.75. The highest BCUT2D eigenvalue weighted by Gasteiger charge is 2.22. The van der Waals surface area contributed by atoms with Gasteiger partial charge >= 0.3 is 0 Å². The summed E-state index contributed by atoms with van der Waals surface area (Å²) in [6.07, 6.45) is 0. The Hall–Kier alpha value is -2.97. The Bertz CT molecular complexity index is 1120. The second-order valence-corrected chi connectivity index (χ2v) is 7.63. The number of nitrogens with zero attached hydrogens (tertiary/aromatic N) is 1. The number of halogens is 2. The normalized spacial score (nSPS) is 11.2. The van der Waals surface area contributed by atoms with Crippen LogP contribution in [0.15, 0.2) is 71.6 Å². The molecule has 0 heterocycles. The number of anilines is 1. The summed E-state index contributed by atoms with van der Waals surface area (Å²) in [4.78, 5) is 10.4. The Kier molecular flexibility index (Phi) is 5.11. The number of nitro groups is 1. The van der Waals surface area contributed by atoms with Gasteiger partial charge in [0, 0.05) is 6.07 Å². The molecule has 0 unspecified atom stereocenters. The molecule has 0 aliphatic rings. The van der Waals surface area contributed by atoms with Crippen LogP contribution in [0.2, 0.25) is 5.02 Å². The average molecular weight is 407 g/mol. The second-order valence-electron chi connectivity index (χ2n) is 5.54. The Morgan fingerprint density at radius 3 is 2.30 bits per heavy atom. The van der Waals surface area contributed by atoms with Gasteiger partial charge in [-0.05, 0) is 35.4 Å². The highest BCUT2D eigenvalue weighted by atomic mass is 35.5. The lowest BCUT2D eigenvalue weighted by molar-refractivity contribution is -0.383. The van der Waals surface area contributed by atoms with Gasteiger partial charge in [-0.25, -0.2) is 12.8 Å². The van der Waals surface area contributed by atoms with Crippen molar-refractivity contribution < 1.29 is 17.7 Å². The summed E-state index contributed by atoms with van der Waals surface area (Å²) in [5.41, 5.74) is 0.698. The van der Waals surface area contributed by atoms with Crippen LogP contribution in [0.4, 0.5) is 15.8 Å². The first-order valence-corrected chi connectivity index (χ1v) is 9.46. The van der Waals surface area contributed by atoms with Gasteiger partial charge in [0.15, 0.2) is 0 Å². The second kappa shape index (κ2) is 7.34. The van der Waals surface area contributed by atoms with Gasteiger partial charge in [0.2, 0.25) is 0 Å². The molecule has 0 aliphatic heterocycles. The van der Waals surface area contributed by atoms with Crippen molar-refractivity contribution in [2.45, 2.75) is 4.90 Å². The summed E-state index contributed by atoms with van der Waals surface area (Å²) < 4.78 is 40.4. The van der Waals surface area contributed by atoms with Gasteiger partial charge in [-0.15, -0.1) is 0 Å². The van der Waals surface area contributed by atoms with Gasteiger partial charge in [-0.3, -0.25) is 14.8 Å². The van der Waals surface area contributed by atoms with Crippen LogP contribution in [-0.4, -0.2) is 13.3 Å². The van der Waals surface area contributed by atoms with Crippen LogP contribution in [-0.2, 0) is 10.0 Å². The van der Waals surface area contributed by atoms with Gasteiger partial charge in [0.05, 0.1) is 14.8 Å². The lowest BCUT2D eigenvalue weighted by atomic mass is 10.0. The minimum atomic E-state index is -4.19. The van der Waals surface area contributed by atoms with Crippen molar-refractivity contribution in [1.29, 1.82) is 0 Å². The van der Waals surface area contributed by atoms with Crippen molar-refractivity contribution >= 4 is 33.0 Å². The Morgan fingerprint density at radius 1 is 0.963 bits per heavy atom. The number of hydrogen-bond donors (Lipinski definition) is 1. The number of nitrogens with one attached hydrogen (secondary N) is 1. The highest BCUT2D eigenvalue weighted by Crippen LogP contribution is 2.32. The smallest absolute Gasteiger partial charge is 0.273 e. The fraction of sp³-hybridized carbons (Fsp3) is 0. The van der Waals surface area contributed by atoms with E-state index in [1.807, 2.05) is 6.07 Å². The van der Waals surface area contributed by atoms with E-state index in [1.54, 1.807) is 30.3 Å². The van der Waals surface area contributed by atoms with Crippen LogP contribution in [0, 0.1) is 15.9 Å². The van der Waals surface area contributed by atoms with Gasteiger partial charge in [-0.2, -0.15) is 0 Å². The summed E-state index contributed by atoms with van der Waals surface area (Å²) in [6.45, 7) is 0. The molecule has 3 rings (SSSR count). The molecule has 27 heavy (non-hydrogen) atoms. The van der Waals surface area contributed by atoms with E-state index in [0.717, 1.165) is 23.8 Å². The van der Waals surface area contributed by atoms with E-state index in [2.05, 4.69) is 4.72 Å². The number of hydrogen-bond acceptors (Lipinski definition) is 4. The minimum Gasteiger partial charge on any atom is -0.273 e. The fourth-order valence-corrected chi connectivity index (χ4v) is 3.77. The molecule has 0 saturated heterocycles. The summed E-state index contributed by atoms with van der Waals surface area (Å²) >= 11 is 5.62. The van der Waals surface area contributed by atoms with Crippen LogP contribution in [0.25, 0.3) is 11.1 Å². The third-order valence-corrected chi connectivity index (χ3v) is 5.40. The van der Waals surface area contributed by atoms with Crippen LogP contribution in [0.3, 0.4) is 0 Å². The molecular weight excluding hydrogens is 395 g/mol. The number of benzene rings is 3. The zero-order chi connectivity index (χ0) is 19.6. The molecule has 3 aromatic rings. The van der Waals surface area contributed by atoms with Crippen molar-refractivity contribution in [2.24, 2.45) is 0 Å². The van der Waals surface area contributed by atoms with Crippen molar-refractivity contribution in [1.82, 2.24) is 0 Å². The topological polar surface area (TPSA) is 89.3 Å². The van der Waals surface area contributed by atoms with E-state index in [1.165, 1.54) is 12.1 Å². The summed E-state index contributed by atoms with van der Waals surface area (Å²) in [5, 5.41) is 11.1. The zero-order valence-electron chi connectivity index (χ0n) is 13.6. The van der Waals surface area contributed by atoms with Gasteiger partial charge in [0.1, 0.15) is 11.5 Å². The van der Waals surface area contributed by atoms with E-state index in [9.17, 15) is 22.9 Å². The van der Waals surface area contributed by atoms with E-state index >= 15 is 0 Å². The Morgan fingerprint density at radius 2 is 1.67 bits per heavy atom. The monoisotopic (exact) mass is 406 g/mol. The molecule has 0 saturated carbocycles. The molecule has 0 radical (unpaired) electrons. The van der Waals surface area contributed by atoms with E-state index < -0.39 is 26.5 Å². The standard InChI is InChI=1S/C18H12ClFN2O4S/c19-15-11-14(7-8-16(15)20)27(25,26)21-17-9-6-13(10-18(17)22(23)24)12-4-2-1-3-5-12/h1-11,21H. The summed E-state index contributed by atoms with van der Waals surface area (Å²) in [7, 11) is -4.19.